The summed E-state index contributed by atoms with van der Waals surface area (Å²) < 4.78 is 6.73. The van der Waals surface area contributed by atoms with Crippen LogP contribution in [-0.2, 0) is 16.0 Å². The molecule has 0 spiro atoms. The number of rotatable bonds is 6. The molecule has 8 heteroatoms. The molecule has 1 amide bonds. The average molecular weight is 384 g/mol. The molecule has 0 saturated carbocycles. The molecule has 0 aliphatic heterocycles. The first kappa shape index (κ1) is 18.8. The zero-order chi connectivity index (χ0) is 19.4. The molecular formula is C19H20N4O3S. The van der Waals surface area contributed by atoms with Gasteiger partial charge in [-0.3, -0.25) is 14.9 Å². The number of benzene rings is 1. The van der Waals surface area contributed by atoms with Crippen molar-refractivity contribution in [2.75, 3.05) is 11.9 Å². The van der Waals surface area contributed by atoms with Gasteiger partial charge in [-0.2, -0.15) is 5.10 Å². The van der Waals surface area contributed by atoms with Crippen LogP contribution in [0, 0.1) is 13.8 Å². The minimum absolute atomic E-state index is 0.0948. The second-order valence-electron chi connectivity index (χ2n) is 5.97. The van der Waals surface area contributed by atoms with Gasteiger partial charge in [0.2, 0.25) is 0 Å². The highest BCUT2D eigenvalue weighted by atomic mass is 32.1. The van der Waals surface area contributed by atoms with E-state index in [1.165, 1.54) is 11.3 Å². The van der Waals surface area contributed by atoms with Crippen LogP contribution in [0.3, 0.4) is 0 Å². The van der Waals surface area contributed by atoms with Crippen LogP contribution in [0.25, 0.3) is 5.69 Å². The van der Waals surface area contributed by atoms with E-state index >= 15 is 0 Å². The van der Waals surface area contributed by atoms with E-state index in [9.17, 15) is 9.59 Å². The van der Waals surface area contributed by atoms with Gasteiger partial charge in [-0.05, 0) is 51.1 Å². The van der Waals surface area contributed by atoms with Crippen molar-refractivity contribution >= 4 is 28.3 Å². The number of nitrogens with one attached hydrogen (secondary N) is 1. The molecule has 0 atom stereocenters. The number of hydrogen-bond acceptors (Lipinski definition) is 6. The number of thiazole rings is 1. The predicted octanol–water partition coefficient (Wildman–Crippen LogP) is 3.30. The molecule has 0 aliphatic rings. The first-order chi connectivity index (χ1) is 13.0. The van der Waals surface area contributed by atoms with Crippen LogP contribution in [0.4, 0.5) is 5.13 Å². The van der Waals surface area contributed by atoms with Gasteiger partial charge in [0.15, 0.2) is 5.13 Å². The van der Waals surface area contributed by atoms with E-state index in [-0.39, 0.29) is 18.3 Å². The van der Waals surface area contributed by atoms with Crippen LogP contribution in [0.1, 0.15) is 34.4 Å². The molecule has 7 nitrogen and oxygen atoms in total. The quantitative estimate of drug-likeness (QED) is 0.659. The molecule has 2 heterocycles. The van der Waals surface area contributed by atoms with E-state index < -0.39 is 0 Å². The largest absolute Gasteiger partial charge is 0.466 e. The first-order valence-corrected chi connectivity index (χ1v) is 9.39. The topological polar surface area (TPSA) is 86.1 Å². The molecule has 1 N–H and O–H groups in total. The Morgan fingerprint density at radius 1 is 1.22 bits per heavy atom. The maximum absolute atomic E-state index is 12.4. The molecule has 2 aromatic heterocycles. The molecule has 0 fully saturated rings. The lowest BCUT2D eigenvalue weighted by molar-refractivity contribution is -0.142. The Morgan fingerprint density at radius 3 is 2.59 bits per heavy atom. The Balaban J connectivity index is 1.65. The number of nitrogens with zero attached hydrogens (tertiary/aromatic N) is 3. The number of ether oxygens (including phenoxy) is 1. The van der Waals surface area contributed by atoms with Gasteiger partial charge in [0.25, 0.3) is 5.91 Å². The van der Waals surface area contributed by atoms with Gasteiger partial charge >= 0.3 is 5.97 Å². The van der Waals surface area contributed by atoms with Crippen molar-refractivity contribution < 1.29 is 14.3 Å². The van der Waals surface area contributed by atoms with Crippen LogP contribution < -0.4 is 5.32 Å². The van der Waals surface area contributed by atoms with Crippen molar-refractivity contribution in [2.24, 2.45) is 0 Å². The number of carbonyl (C=O) groups is 2. The molecule has 27 heavy (non-hydrogen) atoms. The monoisotopic (exact) mass is 384 g/mol. The molecule has 0 saturated heterocycles. The number of aromatic nitrogens is 3. The van der Waals surface area contributed by atoms with Gasteiger partial charge in [0, 0.05) is 16.6 Å². The summed E-state index contributed by atoms with van der Waals surface area (Å²) in [6.45, 7) is 6.01. The van der Waals surface area contributed by atoms with Crippen LogP contribution in [0.15, 0.2) is 35.7 Å². The van der Waals surface area contributed by atoms with Crippen LogP contribution in [-0.4, -0.2) is 33.2 Å². The second kappa shape index (κ2) is 8.13. The van der Waals surface area contributed by atoms with E-state index in [1.807, 2.05) is 36.7 Å². The molecule has 3 aromatic rings. The maximum Gasteiger partial charge on any atom is 0.311 e. The van der Waals surface area contributed by atoms with Gasteiger partial charge in [0.05, 0.1) is 30.1 Å². The van der Waals surface area contributed by atoms with Crippen molar-refractivity contribution in [3.8, 4) is 5.69 Å². The molecular weight excluding hydrogens is 364 g/mol. The van der Waals surface area contributed by atoms with Crippen molar-refractivity contribution in [3.05, 3.63) is 58.4 Å². The molecule has 0 bridgehead atoms. The van der Waals surface area contributed by atoms with E-state index in [0.29, 0.717) is 23.0 Å². The van der Waals surface area contributed by atoms with Crippen molar-refractivity contribution in [2.45, 2.75) is 27.2 Å². The van der Waals surface area contributed by atoms with Gasteiger partial charge in [0.1, 0.15) is 0 Å². The molecule has 0 aliphatic carbocycles. The van der Waals surface area contributed by atoms with Crippen molar-refractivity contribution in [1.29, 1.82) is 0 Å². The number of esters is 1. The fraction of sp³-hybridized carbons (Fsp3) is 0.263. The van der Waals surface area contributed by atoms with Crippen LogP contribution >= 0.6 is 11.3 Å². The highest BCUT2D eigenvalue weighted by molar-refractivity contribution is 7.14. The number of anilines is 1. The molecule has 0 unspecified atom stereocenters. The Kier molecular flexibility index (Phi) is 5.66. The zero-order valence-electron chi connectivity index (χ0n) is 15.4. The Bertz CT molecular complexity index is 960. The summed E-state index contributed by atoms with van der Waals surface area (Å²) >= 11 is 1.27. The van der Waals surface area contributed by atoms with Crippen LogP contribution in [0.2, 0.25) is 0 Å². The molecule has 3 rings (SSSR count). The lowest BCUT2D eigenvalue weighted by Crippen LogP contribution is -2.12. The predicted molar refractivity (Wildman–Crippen MR) is 103 cm³/mol. The smallest absolute Gasteiger partial charge is 0.311 e. The first-order valence-electron chi connectivity index (χ1n) is 8.51. The van der Waals surface area contributed by atoms with Crippen LogP contribution in [0.5, 0.6) is 0 Å². The third-order valence-corrected chi connectivity index (χ3v) is 4.59. The lowest BCUT2D eigenvalue weighted by atomic mass is 10.2. The standard InChI is InChI=1S/C19H20N4O3S/c1-4-26-17(24)10-15-11-27-19(20-15)21-18(25)14-5-7-16(8-6-14)23-13(3)9-12(2)22-23/h5-9,11H,4,10H2,1-3H3,(H,20,21,25). The summed E-state index contributed by atoms with van der Waals surface area (Å²) in [5, 5.41) is 9.37. The minimum atomic E-state index is -0.333. The highest BCUT2D eigenvalue weighted by Gasteiger charge is 2.12. The van der Waals surface area contributed by atoms with E-state index in [4.69, 9.17) is 4.74 Å². The summed E-state index contributed by atoms with van der Waals surface area (Å²) in [6.07, 6.45) is 0.0948. The molecule has 140 valence electrons. The summed E-state index contributed by atoms with van der Waals surface area (Å²) in [5.74, 6) is -0.590. The van der Waals surface area contributed by atoms with Crippen molar-refractivity contribution in [3.63, 3.8) is 0 Å². The molecule has 0 radical (unpaired) electrons. The molecule has 1 aromatic carbocycles. The number of aryl methyl sites for hydroxylation is 2. The van der Waals surface area contributed by atoms with Gasteiger partial charge < -0.3 is 4.74 Å². The number of carbonyl (C=O) groups excluding carboxylic acids is 2. The normalized spacial score (nSPS) is 10.6. The SMILES string of the molecule is CCOC(=O)Cc1csc(NC(=O)c2ccc(-n3nc(C)cc3C)cc2)n1. The summed E-state index contributed by atoms with van der Waals surface area (Å²) in [4.78, 5) is 28.1. The Morgan fingerprint density at radius 2 is 1.96 bits per heavy atom. The Hall–Kier alpha value is -3.00. The summed E-state index contributed by atoms with van der Waals surface area (Å²) in [6, 6.07) is 9.18. The van der Waals surface area contributed by atoms with E-state index in [0.717, 1.165) is 17.1 Å². The van der Waals surface area contributed by atoms with E-state index in [1.54, 1.807) is 24.4 Å². The highest BCUT2D eigenvalue weighted by Crippen LogP contribution is 2.18. The lowest BCUT2D eigenvalue weighted by Gasteiger charge is -2.06. The number of hydrogen-bond donors (Lipinski definition) is 1. The second-order valence-corrected chi connectivity index (χ2v) is 6.82. The fourth-order valence-electron chi connectivity index (χ4n) is 2.62. The minimum Gasteiger partial charge on any atom is -0.466 e. The number of amides is 1. The maximum atomic E-state index is 12.4. The zero-order valence-corrected chi connectivity index (χ0v) is 16.2. The van der Waals surface area contributed by atoms with Gasteiger partial charge in [-0.25, -0.2) is 9.67 Å². The third-order valence-electron chi connectivity index (χ3n) is 3.79. The third kappa shape index (κ3) is 4.59. The van der Waals surface area contributed by atoms with Crippen molar-refractivity contribution in [1.82, 2.24) is 14.8 Å². The van der Waals surface area contributed by atoms with Gasteiger partial charge in [-0.15, -0.1) is 11.3 Å². The summed E-state index contributed by atoms with van der Waals surface area (Å²) in [7, 11) is 0. The summed E-state index contributed by atoms with van der Waals surface area (Å²) in [5.41, 5.74) is 3.96. The van der Waals surface area contributed by atoms with E-state index in [2.05, 4.69) is 15.4 Å². The fourth-order valence-corrected chi connectivity index (χ4v) is 3.32. The Labute approximate surface area is 161 Å². The average Bonchev–Trinajstić information content (AvgIpc) is 3.20. The van der Waals surface area contributed by atoms with Gasteiger partial charge in [-0.1, -0.05) is 0 Å².